The summed E-state index contributed by atoms with van der Waals surface area (Å²) in [5, 5.41) is 0. The highest BCUT2D eigenvalue weighted by molar-refractivity contribution is 5.66. The van der Waals surface area contributed by atoms with Gasteiger partial charge in [0.05, 0.1) is 6.61 Å². The molecule has 0 spiro atoms. The van der Waals surface area contributed by atoms with E-state index in [1.807, 2.05) is 0 Å². The zero-order valence-electron chi connectivity index (χ0n) is 18.6. The maximum Gasteiger partial charge on any atom is 0.201 e. The lowest BCUT2D eigenvalue weighted by atomic mass is 9.80. The van der Waals surface area contributed by atoms with Gasteiger partial charge in [-0.25, -0.2) is 8.78 Å². The summed E-state index contributed by atoms with van der Waals surface area (Å²) >= 11 is 0. The molecule has 1 saturated carbocycles. The summed E-state index contributed by atoms with van der Waals surface area (Å²) in [4.78, 5) is 0. The van der Waals surface area contributed by atoms with Gasteiger partial charge < -0.3 is 4.74 Å². The van der Waals surface area contributed by atoms with Crippen molar-refractivity contribution in [2.45, 2.75) is 65.2 Å². The lowest BCUT2D eigenvalue weighted by Crippen LogP contribution is -2.12. The molecule has 0 bridgehead atoms. The molecule has 0 amide bonds. The first-order chi connectivity index (χ1) is 15.0. The van der Waals surface area contributed by atoms with Crippen molar-refractivity contribution < 1.29 is 17.9 Å². The second-order valence-corrected chi connectivity index (χ2v) is 8.52. The Bertz CT molecular complexity index is 882. The lowest BCUT2D eigenvalue weighted by molar-refractivity contribution is 0.294. The summed E-state index contributed by atoms with van der Waals surface area (Å²) in [5.41, 5.74) is 0.815. The van der Waals surface area contributed by atoms with Crippen LogP contribution in [-0.2, 0) is 6.42 Å². The lowest BCUT2D eigenvalue weighted by Gasteiger charge is -2.26. The van der Waals surface area contributed by atoms with Crippen LogP contribution >= 0.6 is 0 Å². The van der Waals surface area contributed by atoms with Gasteiger partial charge >= 0.3 is 0 Å². The Kier molecular flexibility index (Phi) is 8.62. The van der Waals surface area contributed by atoms with Crippen molar-refractivity contribution in [3.05, 3.63) is 65.5 Å². The Morgan fingerprint density at radius 3 is 2.35 bits per heavy atom. The summed E-state index contributed by atoms with van der Waals surface area (Å²) in [6.45, 7) is 4.18. The first-order valence-corrected chi connectivity index (χ1v) is 11.6. The van der Waals surface area contributed by atoms with E-state index in [-0.39, 0.29) is 23.5 Å². The second-order valence-electron chi connectivity index (χ2n) is 8.52. The van der Waals surface area contributed by atoms with Crippen molar-refractivity contribution in [1.82, 2.24) is 0 Å². The number of hydrogen-bond donors (Lipinski definition) is 0. The fourth-order valence-corrected chi connectivity index (χ4v) is 4.56. The SMILES string of the molecule is CCCC1CCC(/C=C/CCc2ccc(-c3ccc(OCC)c(F)c3F)c(F)c2)CC1. The molecule has 1 aliphatic carbocycles. The van der Waals surface area contributed by atoms with E-state index in [0.717, 1.165) is 24.3 Å². The molecule has 1 nitrogen and oxygen atoms in total. The minimum absolute atomic E-state index is 0.0579. The van der Waals surface area contributed by atoms with Gasteiger partial charge in [0.1, 0.15) is 5.82 Å². The Hall–Kier alpha value is -2.23. The second kappa shape index (κ2) is 11.4. The van der Waals surface area contributed by atoms with Crippen LogP contribution < -0.4 is 4.74 Å². The summed E-state index contributed by atoms with van der Waals surface area (Å²) in [6, 6.07) is 7.44. The molecular weight excluding hydrogens is 397 g/mol. The third-order valence-corrected chi connectivity index (χ3v) is 6.27. The van der Waals surface area contributed by atoms with Crippen molar-refractivity contribution in [2.24, 2.45) is 11.8 Å². The molecule has 4 heteroatoms. The van der Waals surface area contributed by atoms with Crippen LogP contribution in [0.2, 0.25) is 0 Å². The maximum absolute atomic E-state index is 14.7. The molecule has 1 aliphatic rings. The predicted molar refractivity (Wildman–Crippen MR) is 121 cm³/mol. The quantitative estimate of drug-likeness (QED) is 0.364. The van der Waals surface area contributed by atoms with Gasteiger partial charge in [-0.1, -0.05) is 44.1 Å². The van der Waals surface area contributed by atoms with Gasteiger partial charge in [0.25, 0.3) is 0 Å². The number of halogens is 3. The van der Waals surface area contributed by atoms with Gasteiger partial charge in [0.2, 0.25) is 5.82 Å². The van der Waals surface area contributed by atoms with Gasteiger partial charge in [0.15, 0.2) is 11.6 Å². The van der Waals surface area contributed by atoms with Gasteiger partial charge in [0, 0.05) is 11.1 Å². The normalized spacial score (nSPS) is 19.1. The van der Waals surface area contributed by atoms with Crippen LogP contribution in [0.1, 0.15) is 64.4 Å². The highest BCUT2D eigenvalue weighted by Gasteiger charge is 2.19. The first-order valence-electron chi connectivity index (χ1n) is 11.6. The molecule has 0 N–H and O–H groups in total. The number of aryl methyl sites for hydroxylation is 1. The molecule has 2 aromatic carbocycles. The molecule has 0 aromatic heterocycles. The van der Waals surface area contributed by atoms with Gasteiger partial charge in [-0.2, -0.15) is 4.39 Å². The smallest absolute Gasteiger partial charge is 0.201 e. The highest BCUT2D eigenvalue weighted by Crippen LogP contribution is 2.33. The van der Waals surface area contributed by atoms with Crippen molar-refractivity contribution >= 4 is 0 Å². The third-order valence-electron chi connectivity index (χ3n) is 6.27. The van der Waals surface area contributed by atoms with E-state index in [2.05, 4.69) is 19.1 Å². The average molecular weight is 431 g/mol. The molecule has 0 unspecified atom stereocenters. The van der Waals surface area contributed by atoms with Crippen LogP contribution in [0.15, 0.2) is 42.5 Å². The molecule has 0 heterocycles. The number of rotatable bonds is 9. The van der Waals surface area contributed by atoms with Gasteiger partial charge in [-0.3, -0.25) is 0 Å². The molecule has 1 fully saturated rings. The van der Waals surface area contributed by atoms with Gasteiger partial charge in [-0.05, 0) is 81.0 Å². The Labute approximate surface area is 184 Å². The van der Waals surface area contributed by atoms with Gasteiger partial charge in [-0.15, -0.1) is 0 Å². The Morgan fingerprint density at radius 1 is 0.935 bits per heavy atom. The van der Waals surface area contributed by atoms with E-state index in [0.29, 0.717) is 5.92 Å². The molecule has 31 heavy (non-hydrogen) atoms. The van der Waals surface area contributed by atoms with E-state index in [9.17, 15) is 13.2 Å². The third kappa shape index (κ3) is 6.15. The zero-order valence-corrected chi connectivity index (χ0v) is 18.6. The minimum atomic E-state index is -1.09. The van der Waals surface area contributed by atoms with Crippen molar-refractivity contribution in [2.75, 3.05) is 6.61 Å². The molecule has 168 valence electrons. The molecule has 0 saturated heterocycles. The Morgan fingerprint density at radius 2 is 1.68 bits per heavy atom. The largest absolute Gasteiger partial charge is 0.491 e. The number of benzene rings is 2. The first kappa shape index (κ1) is 23.4. The van der Waals surface area contributed by atoms with Crippen LogP contribution in [0, 0.1) is 29.3 Å². The molecule has 2 aromatic rings. The summed E-state index contributed by atoms with van der Waals surface area (Å²) in [6.07, 6.45) is 13.9. The zero-order chi connectivity index (χ0) is 22.2. The maximum atomic E-state index is 14.7. The molecule has 0 aliphatic heterocycles. The average Bonchev–Trinajstić information content (AvgIpc) is 2.77. The molecule has 0 atom stereocenters. The minimum Gasteiger partial charge on any atom is -0.491 e. The van der Waals surface area contributed by atoms with Crippen LogP contribution in [-0.4, -0.2) is 6.61 Å². The Balaban J connectivity index is 1.57. The van der Waals surface area contributed by atoms with Crippen molar-refractivity contribution in [3.8, 4) is 16.9 Å². The van der Waals surface area contributed by atoms with Crippen LogP contribution in [0.3, 0.4) is 0 Å². The van der Waals surface area contributed by atoms with E-state index < -0.39 is 17.5 Å². The molecule has 3 rings (SSSR count). The summed E-state index contributed by atoms with van der Waals surface area (Å²) < 4.78 is 48.3. The predicted octanol–water partition coefficient (Wildman–Crippen LogP) is 8.26. The van der Waals surface area contributed by atoms with Crippen LogP contribution in [0.4, 0.5) is 13.2 Å². The van der Waals surface area contributed by atoms with E-state index in [4.69, 9.17) is 4.74 Å². The molecular formula is C27H33F3O. The van der Waals surface area contributed by atoms with Crippen molar-refractivity contribution in [1.29, 1.82) is 0 Å². The van der Waals surface area contributed by atoms with E-state index >= 15 is 0 Å². The van der Waals surface area contributed by atoms with Crippen molar-refractivity contribution in [3.63, 3.8) is 0 Å². The van der Waals surface area contributed by atoms with E-state index in [1.165, 1.54) is 62.8 Å². The van der Waals surface area contributed by atoms with Crippen LogP contribution in [0.25, 0.3) is 11.1 Å². The number of hydrogen-bond acceptors (Lipinski definition) is 1. The number of ether oxygens (including phenoxy) is 1. The summed E-state index contributed by atoms with van der Waals surface area (Å²) in [5.74, 6) is -1.30. The monoisotopic (exact) mass is 430 g/mol. The topological polar surface area (TPSA) is 9.23 Å². The fourth-order valence-electron chi connectivity index (χ4n) is 4.56. The number of allylic oxidation sites excluding steroid dienone is 2. The van der Waals surface area contributed by atoms with E-state index in [1.54, 1.807) is 13.0 Å². The van der Waals surface area contributed by atoms with Crippen LogP contribution in [0.5, 0.6) is 5.75 Å². The highest BCUT2D eigenvalue weighted by atomic mass is 19.2. The summed E-state index contributed by atoms with van der Waals surface area (Å²) in [7, 11) is 0. The molecule has 0 radical (unpaired) electrons. The standard InChI is InChI=1S/C27H33F3O/c1-3-7-19-10-12-20(13-11-19)8-5-6-9-21-14-15-22(24(28)18-21)23-16-17-25(31-4-2)27(30)26(23)29/h5,8,14-20H,3-4,6-7,9-13H2,1-2H3/b8-5+. The fraction of sp³-hybridized carbons (Fsp3) is 0.481.